The van der Waals surface area contributed by atoms with E-state index in [-0.39, 0.29) is 0 Å². The average molecular weight is 382 g/mol. The molecule has 0 N–H and O–H groups in total. The van der Waals surface area contributed by atoms with Crippen molar-refractivity contribution in [3.63, 3.8) is 0 Å². The van der Waals surface area contributed by atoms with Crippen molar-refractivity contribution in [3.8, 4) is 11.3 Å². The van der Waals surface area contributed by atoms with E-state index in [4.69, 9.17) is 16.6 Å². The highest BCUT2D eigenvalue weighted by molar-refractivity contribution is 6.30. The highest BCUT2D eigenvalue weighted by Gasteiger charge is 2.26. The molecule has 0 spiro atoms. The lowest BCUT2D eigenvalue weighted by molar-refractivity contribution is 0.192. The van der Waals surface area contributed by atoms with Crippen LogP contribution in [0.3, 0.4) is 0 Å². The number of aryl methyl sites for hydroxylation is 1. The third-order valence-corrected chi connectivity index (χ3v) is 5.46. The number of rotatable bonds is 5. The summed E-state index contributed by atoms with van der Waals surface area (Å²) >= 11 is 6.20. The van der Waals surface area contributed by atoms with Crippen molar-refractivity contribution in [2.24, 2.45) is 0 Å². The molecule has 1 fully saturated rings. The molecule has 1 saturated heterocycles. The highest BCUT2D eigenvalue weighted by atomic mass is 35.5. The average Bonchev–Trinajstić information content (AvgIpc) is 3.15. The standard InChI is InChI=1S/C21H24ClN5/c1-2-27-12-10-23-19(27)15-26-11-4-6-17(14-26)21-20(24-8-9-25-21)16-5-3-7-18(22)13-16/h3,5,7-10,12-13,17H,2,4,6,11,14-15H2,1H3/t17-/m1/s1. The summed E-state index contributed by atoms with van der Waals surface area (Å²) < 4.78 is 2.21. The molecular formula is C21H24ClN5. The summed E-state index contributed by atoms with van der Waals surface area (Å²) in [5.74, 6) is 1.50. The lowest BCUT2D eigenvalue weighted by Gasteiger charge is -2.32. The van der Waals surface area contributed by atoms with Crippen molar-refractivity contribution in [1.29, 1.82) is 0 Å². The summed E-state index contributed by atoms with van der Waals surface area (Å²) in [4.78, 5) is 16.4. The predicted molar refractivity (Wildman–Crippen MR) is 108 cm³/mol. The smallest absolute Gasteiger partial charge is 0.122 e. The first-order valence-electron chi connectivity index (χ1n) is 9.53. The van der Waals surface area contributed by atoms with Gasteiger partial charge in [0.1, 0.15) is 5.82 Å². The van der Waals surface area contributed by atoms with Gasteiger partial charge in [0.05, 0.1) is 17.9 Å². The molecule has 140 valence electrons. The summed E-state index contributed by atoms with van der Waals surface area (Å²) in [5.41, 5.74) is 3.05. The van der Waals surface area contributed by atoms with Gasteiger partial charge in [0.2, 0.25) is 0 Å². The zero-order valence-electron chi connectivity index (χ0n) is 15.6. The molecule has 0 saturated carbocycles. The minimum Gasteiger partial charge on any atom is -0.334 e. The van der Waals surface area contributed by atoms with Gasteiger partial charge in [-0.25, -0.2) is 4.98 Å². The fourth-order valence-electron chi connectivity index (χ4n) is 3.91. The first kappa shape index (κ1) is 18.1. The highest BCUT2D eigenvalue weighted by Crippen LogP contribution is 2.32. The molecule has 0 aliphatic carbocycles. The molecule has 3 heterocycles. The molecule has 2 aromatic heterocycles. The first-order chi connectivity index (χ1) is 13.2. The lowest BCUT2D eigenvalue weighted by atomic mass is 9.91. The van der Waals surface area contributed by atoms with Gasteiger partial charge in [0.15, 0.2) is 0 Å². The number of aromatic nitrogens is 4. The second kappa shape index (κ2) is 8.19. The Morgan fingerprint density at radius 3 is 2.89 bits per heavy atom. The molecule has 6 heteroatoms. The van der Waals surface area contributed by atoms with Crippen molar-refractivity contribution in [2.75, 3.05) is 13.1 Å². The van der Waals surface area contributed by atoms with Gasteiger partial charge >= 0.3 is 0 Å². The number of halogens is 1. The molecule has 3 aromatic rings. The van der Waals surface area contributed by atoms with Gasteiger partial charge in [0.25, 0.3) is 0 Å². The van der Waals surface area contributed by atoms with Crippen molar-refractivity contribution in [2.45, 2.75) is 38.8 Å². The van der Waals surface area contributed by atoms with E-state index in [9.17, 15) is 0 Å². The monoisotopic (exact) mass is 381 g/mol. The fraction of sp³-hybridized carbons (Fsp3) is 0.381. The van der Waals surface area contributed by atoms with Gasteiger partial charge in [-0.1, -0.05) is 23.7 Å². The number of hydrogen-bond acceptors (Lipinski definition) is 4. The van der Waals surface area contributed by atoms with E-state index < -0.39 is 0 Å². The predicted octanol–water partition coefficient (Wildman–Crippen LogP) is 4.39. The van der Waals surface area contributed by atoms with E-state index in [1.54, 1.807) is 12.4 Å². The SMILES string of the molecule is CCn1ccnc1CN1CCC[C@@H](c2nccnc2-c2cccc(Cl)c2)C1. The van der Waals surface area contributed by atoms with Crippen molar-refractivity contribution >= 4 is 11.6 Å². The van der Waals surface area contributed by atoms with Gasteiger partial charge in [-0.2, -0.15) is 0 Å². The van der Waals surface area contributed by atoms with Crippen molar-refractivity contribution < 1.29 is 0 Å². The molecule has 1 atom stereocenters. The molecular weight excluding hydrogens is 358 g/mol. The molecule has 4 rings (SSSR count). The van der Waals surface area contributed by atoms with E-state index >= 15 is 0 Å². The Morgan fingerprint density at radius 1 is 1.15 bits per heavy atom. The van der Waals surface area contributed by atoms with E-state index in [0.29, 0.717) is 5.92 Å². The van der Waals surface area contributed by atoms with Crippen molar-refractivity contribution in [1.82, 2.24) is 24.4 Å². The van der Waals surface area contributed by atoms with E-state index in [2.05, 4.69) is 38.6 Å². The topological polar surface area (TPSA) is 46.8 Å². The minimum absolute atomic E-state index is 0.367. The quantitative estimate of drug-likeness (QED) is 0.657. The Kier molecular flexibility index (Phi) is 5.50. The second-order valence-electron chi connectivity index (χ2n) is 7.00. The van der Waals surface area contributed by atoms with Crippen LogP contribution in [0.5, 0.6) is 0 Å². The molecule has 5 nitrogen and oxygen atoms in total. The number of imidazole rings is 1. The van der Waals surface area contributed by atoms with Gasteiger partial charge in [-0.15, -0.1) is 0 Å². The van der Waals surface area contributed by atoms with Crippen LogP contribution in [0.1, 0.15) is 37.2 Å². The summed E-state index contributed by atoms with van der Waals surface area (Å²) in [5, 5.41) is 0.723. The Labute approximate surface area is 165 Å². The molecule has 1 aliphatic heterocycles. The zero-order valence-corrected chi connectivity index (χ0v) is 16.3. The Morgan fingerprint density at radius 2 is 2.04 bits per heavy atom. The van der Waals surface area contributed by atoms with Gasteiger partial charge in [-0.3, -0.25) is 14.9 Å². The first-order valence-corrected chi connectivity index (χ1v) is 9.91. The maximum atomic E-state index is 6.20. The van der Waals surface area contributed by atoms with Crippen LogP contribution < -0.4 is 0 Å². The van der Waals surface area contributed by atoms with Crippen LogP contribution in [0.2, 0.25) is 5.02 Å². The summed E-state index contributed by atoms with van der Waals surface area (Å²) in [6.07, 6.45) is 9.79. The zero-order chi connectivity index (χ0) is 18.6. The second-order valence-corrected chi connectivity index (χ2v) is 7.44. The Bertz CT molecular complexity index is 907. The Hall–Kier alpha value is -2.24. The minimum atomic E-state index is 0.367. The third-order valence-electron chi connectivity index (χ3n) is 5.22. The van der Waals surface area contributed by atoms with Crippen LogP contribution in [-0.2, 0) is 13.1 Å². The summed E-state index contributed by atoms with van der Waals surface area (Å²) in [6, 6.07) is 7.87. The van der Waals surface area contributed by atoms with Crippen LogP contribution >= 0.6 is 11.6 Å². The maximum Gasteiger partial charge on any atom is 0.122 e. The van der Waals surface area contributed by atoms with E-state index in [1.165, 1.54) is 0 Å². The number of nitrogens with zero attached hydrogens (tertiary/aromatic N) is 5. The fourth-order valence-corrected chi connectivity index (χ4v) is 4.10. The summed E-state index contributed by atoms with van der Waals surface area (Å²) in [7, 11) is 0. The molecule has 27 heavy (non-hydrogen) atoms. The van der Waals surface area contributed by atoms with Gasteiger partial charge in [-0.05, 0) is 38.4 Å². The maximum absolute atomic E-state index is 6.20. The third kappa shape index (κ3) is 4.04. The molecule has 0 radical (unpaired) electrons. The molecule has 1 aliphatic rings. The normalized spacial score (nSPS) is 17.9. The number of hydrogen-bond donors (Lipinski definition) is 0. The molecule has 0 unspecified atom stereocenters. The largest absolute Gasteiger partial charge is 0.334 e. The van der Waals surface area contributed by atoms with Crippen LogP contribution in [-0.4, -0.2) is 37.5 Å². The summed E-state index contributed by atoms with van der Waals surface area (Å²) in [6.45, 7) is 6.06. The van der Waals surface area contributed by atoms with E-state index in [1.807, 2.05) is 24.4 Å². The molecule has 0 bridgehead atoms. The van der Waals surface area contributed by atoms with Crippen LogP contribution in [0.25, 0.3) is 11.3 Å². The van der Waals surface area contributed by atoms with Crippen LogP contribution in [0.4, 0.5) is 0 Å². The number of likely N-dealkylation sites (tertiary alicyclic amines) is 1. The molecule has 0 amide bonds. The van der Waals surface area contributed by atoms with E-state index in [0.717, 1.165) is 66.8 Å². The van der Waals surface area contributed by atoms with Crippen LogP contribution in [0, 0.1) is 0 Å². The van der Waals surface area contributed by atoms with Crippen molar-refractivity contribution in [3.05, 3.63) is 65.6 Å². The molecule has 1 aromatic carbocycles. The van der Waals surface area contributed by atoms with Gasteiger partial charge in [0, 0.05) is 54.4 Å². The van der Waals surface area contributed by atoms with Crippen LogP contribution in [0.15, 0.2) is 49.1 Å². The Balaban J connectivity index is 1.57. The lowest BCUT2D eigenvalue weighted by Crippen LogP contribution is -2.35. The van der Waals surface area contributed by atoms with Gasteiger partial charge < -0.3 is 4.57 Å². The number of benzene rings is 1. The number of piperidine rings is 1.